The van der Waals surface area contributed by atoms with Gasteiger partial charge in [-0.25, -0.2) is 0 Å². The quantitative estimate of drug-likeness (QED) is 0.356. The van der Waals surface area contributed by atoms with Crippen LogP contribution in [0.3, 0.4) is 0 Å². The average Bonchev–Trinajstić information content (AvgIpc) is 3.23. The van der Waals surface area contributed by atoms with E-state index in [4.69, 9.17) is 14.3 Å². The molecule has 1 unspecified atom stereocenters. The molecule has 192 valence electrons. The first-order valence-corrected chi connectivity index (χ1v) is 12.3. The van der Waals surface area contributed by atoms with E-state index in [2.05, 4.69) is 24.4 Å². The number of carbonyl (C=O) groups excluding carboxylic acids is 2. The number of carbonyl (C=O) groups is 3. The molecule has 0 radical (unpaired) electrons. The third-order valence-corrected chi connectivity index (χ3v) is 6.33. The lowest BCUT2D eigenvalue weighted by atomic mass is 9.90. The highest BCUT2D eigenvalue weighted by Gasteiger charge is 2.22. The van der Waals surface area contributed by atoms with Crippen molar-refractivity contribution < 1.29 is 28.6 Å². The zero-order valence-corrected chi connectivity index (χ0v) is 21.6. The van der Waals surface area contributed by atoms with Gasteiger partial charge in [0.05, 0.1) is 0 Å². The summed E-state index contributed by atoms with van der Waals surface area (Å²) in [6, 6.07) is 13.2. The van der Waals surface area contributed by atoms with Gasteiger partial charge in [0.25, 0.3) is 5.91 Å². The maximum Gasteiger partial charge on any atom is 0.322 e. The number of fused-ring (bicyclic) bond motifs is 1. The summed E-state index contributed by atoms with van der Waals surface area (Å²) in [4.78, 5) is 35.0. The molecule has 0 aliphatic heterocycles. The Hall–Kier alpha value is -3.61. The van der Waals surface area contributed by atoms with Crippen molar-refractivity contribution in [3.63, 3.8) is 0 Å². The van der Waals surface area contributed by atoms with Gasteiger partial charge in [0, 0.05) is 22.8 Å². The van der Waals surface area contributed by atoms with Crippen LogP contribution in [0.1, 0.15) is 73.7 Å². The first-order chi connectivity index (χ1) is 17.0. The number of Topliss-reactive ketones (excluding diaryl/α,β-unsaturated/α-hetero) is 1. The van der Waals surface area contributed by atoms with Gasteiger partial charge in [0.2, 0.25) is 0 Å². The Morgan fingerprint density at radius 1 is 1.08 bits per heavy atom. The summed E-state index contributed by atoms with van der Waals surface area (Å²) in [7, 11) is 0. The van der Waals surface area contributed by atoms with Crippen molar-refractivity contribution in [2.45, 2.75) is 59.8 Å². The van der Waals surface area contributed by atoms with E-state index >= 15 is 0 Å². The van der Waals surface area contributed by atoms with E-state index in [-0.39, 0.29) is 12.4 Å². The number of carboxylic acid groups (broad SMARTS) is 1. The van der Waals surface area contributed by atoms with E-state index in [1.165, 1.54) is 5.56 Å². The molecule has 0 aliphatic rings. The van der Waals surface area contributed by atoms with Crippen LogP contribution in [-0.2, 0) is 16.0 Å². The van der Waals surface area contributed by atoms with E-state index in [1.807, 2.05) is 45.9 Å². The number of aliphatic carboxylic acids is 1. The van der Waals surface area contributed by atoms with Gasteiger partial charge in [-0.2, -0.15) is 0 Å². The Bertz CT molecular complexity index is 1250. The number of ether oxygens (including phenoxy) is 1. The molecule has 0 spiro atoms. The number of nitrogens with one attached hydrogen (secondary N) is 1. The van der Waals surface area contributed by atoms with Crippen molar-refractivity contribution in [2.75, 3.05) is 13.2 Å². The topological polar surface area (TPSA) is 106 Å². The van der Waals surface area contributed by atoms with Crippen molar-refractivity contribution in [2.24, 2.45) is 5.41 Å². The predicted molar refractivity (Wildman–Crippen MR) is 139 cm³/mol. The third-order valence-electron chi connectivity index (χ3n) is 6.33. The van der Waals surface area contributed by atoms with Crippen LogP contribution in [0.2, 0.25) is 0 Å². The molecule has 0 fully saturated rings. The summed E-state index contributed by atoms with van der Waals surface area (Å²) in [5, 5.41) is 12.0. The lowest BCUT2D eigenvalue weighted by Gasteiger charge is -2.19. The molecule has 3 rings (SSSR count). The van der Waals surface area contributed by atoms with Crippen molar-refractivity contribution >= 4 is 28.6 Å². The normalized spacial score (nSPS) is 12.4. The van der Waals surface area contributed by atoms with Crippen LogP contribution in [0, 0.1) is 12.3 Å². The first-order valence-electron chi connectivity index (χ1n) is 12.3. The van der Waals surface area contributed by atoms with Crippen LogP contribution in [0.4, 0.5) is 0 Å². The molecular weight excluding hydrogens is 458 g/mol. The maximum atomic E-state index is 12.2. The van der Waals surface area contributed by atoms with Crippen LogP contribution in [0.25, 0.3) is 11.0 Å². The molecule has 0 saturated carbocycles. The van der Waals surface area contributed by atoms with Crippen molar-refractivity contribution in [1.29, 1.82) is 0 Å². The summed E-state index contributed by atoms with van der Waals surface area (Å²) in [6.45, 7) is 9.46. The number of hydrogen-bond donors (Lipinski definition) is 2. The highest BCUT2D eigenvalue weighted by atomic mass is 16.5. The van der Waals surface area contributed by atoms with Crippen LogP contribution >= 0.6 is 0 Å². The van der Waals surface area contributed by atoms with Gasteiger partial charge in [-0.05, 0) is 61.1 Å². The fourth-order valence-electron chi connectivity index (χ4n) is 3.98. The predicted octanol–water partition coefficient (Wildman–Crippen LogP) is 5.68. The van der Waals surface area contributed by atoms with Gasteiger partial charge in [0.15, 0.2) is 5.78 Å². The summed E-state index contributed by atoms with van der Waals surface area (Å²) in [5.74, 6) is 0.420. The molecule has 0 aliphatic carbocycles. The number of carboxylic acids is 1. The Balaban J connectivity index is 1.64. The van der Waals surface area contributed by atoms with Crippen LogP contribution in [0.15, 0.2) is 46.9 Å². The molecule has 1 amide bonds. The second-order valence-corrected chi connectivity index (χ2v) is 10.2. The lowest BCUT2D eigenvalue weighted by molar-refractivity contribution is -0.135. The molecule has 36 heavy (non-hydrogen) atoms. The van der Waals surface area contributed by atoms with E-state index in [0.717, 1.165) is 41.7 Å². The number of benzene rings is 2. The highest BCUT2D eigenvalue weighted by Crippen LogP contribution is 2.31. The summed E-state index contributed by atoms with van der Waals surface area (Å²) >= 11 is 0. The van der Waals surface area contributed by atoms with Crippen molar-refractivity contribution in [3.05, 3.63) is 64.9 Å². The van der Waals surface area contributed by atoms with Gasteiger partial charge in [0.1, 0.15) is 30.2 Å². The highest BCUT2D eigenvalue weighted by molar-refractivity contribution is 5.98. The number of aryl methyl sites for hydroxylation is 2. The number of ketones is 1. The van der Waals surface area contributed by atoms with E-state index < -0.39 is 23.8 Å². The molecule has 1 heterocycles. The summed E-state index contributed by atoms with van der Waals surface area (Å²) in [6.07, 6.45) is 2.60. The van der Waals surface area contributed by atoms with Gasteiger partial charge in [-0.15, -0.1) is 0 Å². The largest absolute Gasteiger partial charge is 0.486 e. The van der Waals surface area contributed by atoms with Crippen molar-refractivity contribution in [3.8, 4) is 5.75 Å². The Morgan fingerprint density at radius 3 is 2.47 bits per heavy atom. The van der Waals surface area contributed by atoms with Gasteiger partial charge in [-0.3, -0.25) is 14.4 Å². The van der Waals surface area contributed by atoms with Gasteiger partial charge in [-0.1, -0.05) is 45.9 Å². The van der Waals surface area contributed by atoms with Gasteiger partial charge < -0.3 is 19.6 Å². The monoisotopic (exact) mass is 493 g/mol. The van der Waals surface area contributed by atoms with E-state index in [9.17, 15) is 14.4 Å². The number of furan rings is 1. The smallest absolute Gasteiger partial charge is 0.322 e. The molecule has 2 N–H and O–H groups in total. The van der Waals surface area contributed by atoms with Crippen molar-refractivity contribution in [1.82, 2.24) is 5.32 Å². The SMILES string of the molecule is CCC(CCc1cc2ccc(C(=O)NCC(=O)O)cc2o1)c1ccc(OCC(=O)C(C)(C)C)c(C)c1. The van der Waals surface area contributed by atoms with Crippen LogP contribution < -0.4 is 10.1 Å². The molecule has 7 nitrogen and oxygen atoms in total. The van der Waals surface area contributed by atoms with Crippen LogP contribution in [0.5, 0.6) is 5.75 Å². The fraction of sp³-hybridized carbons (Fsp3) is 0.414. The molecule has 1 atom stereocenters. The first kappa shape index (κ1) is 27.0. The number of rotatable bonds is 11. The minimum atomic E-state index is -1.09. The fourth-order valence-corrected chi connectivity index (χ4v) is 3.98. The van der Waals surface area contributed by atoms with E-state index in [1.54, 1.807) is 12.1 Å². The molecular formula is C29H35NO6. The second-order valence-electron chi connectivity index (χ2n) is 10.2. The number of hydrogen-bond acceptors (Lipinski definition) is 5. The molecule has 0 saturated heterocycles. The zero-order valence-electron chi connectivity index (χ0n) is 21.6. The van der Waals surface area contributed by atoms with E-state index in [0.29, 0.717) is 17.1 Å². The van der Waals surface area contributed by atoms with Crippen LogP contribution in [-0.4, -0.2) is 35.9 Å². The zero-order chi connectivity index (χ0) is 26.5. The summed E-state index contributed by atoms with van der Waals surface area (Å²) in [5.41, 5.74) is 2.76. The molecule has 7 heteroatoms. The maximum absolute atomic E-state index is 12.2. The molecule has 0 bridgehead atoms. The Labute approximate surface area is 211 Å². The third kappa shape index (κ3) is 6.97. The van der Waals surface area contributed by atoms with Gasteiger partial charge >= 0.3 is 5.97 Å². The molecule has 3 aromatic rings. The average molecular weight is 494 g/mol. The molecule has 2 aromatic carbocycles. The Kier molecular flexibility index (Phi) is 8.56. The Morgan fingerprint density at radius 2 is 1.83 bits per heavy atom. The number of amides is 1. The molecule has 1 aromatic heterocycles. The minimum Gasteiger partial charge on any atom is -0.486 e. The lowest BCUT2D eigenvalue weighted by Crippen LogP contribution is -2.29. The summed E-state index contributed by atoms with van der Waals surface area (Å²) < 4.78 is 11.8. The minimum absolute atomic E-state index is 0.0654. The second kappa shape index (κ2) is 11.4. The standard InChI is InChI=1S/C29H35NO6/c1-6-19(20-10-12-24(18(2)13-20)35-17-26(31)29(3,4)5)9-11-23-14-21-7-8-22(15-25(21)36-23)28(34)30-16-27(32)33/h7-8,10,12-15,19H,6,9,11,16-17H2,1-5H3,(H,30,34)(H,32,33).